The molecule has 0 bridgehead atoms. The predicted octanol–water partition coefficient (Wildman–Crippen LogP) is 3.37. The maximum absolute atomic E-state index is 12.1. The van der Waals surface area contributed by atoms with Crippen molar-refractivity contribution in [2.24, 2.45) is 5.92 Å². The Labute approximate surface area is 134 Å². The Morgan fingerprint density at radius 1 is 1.41 bits per heavy atom. The third-order valence-corrected chi connectivity index (χ3v) is 4.79. The molecule has 1 N–H and O–H groups in total. The van der Waals surface area contributed by atoms with Crippen molar-refractivity contribution in [1.29, 1.82) is 0 Å². The highest BCUT2D eigenvalue weighted by Gasteiger charge is 2.30. The third-order valence-electron chi connectivity index (χ3n) is 3.84. The smallest absolute Gasteiger partial charge is 0.226 e. The van der Waals surface area contributed by atoms with E-state index in [2.05, 4.69) is 22.3 Å². The molecule has 1 fully saturated rings. The van der Waals surface area contributed by atoms with Gasteiger partial charge in [0.15, 0.2) is 0 Å². The lowest BCUT2D eigenvalue weighted by molar-refractivity contribution is -0.115. The van der Waals surface area contributed by atoms with Crippen LogP contribution in [-0.2, 0) is 4.79 Å². The van der Waals surface area contributed by atoms with Crippen molar-refractivity contribution >= 4 is 23.5 Å². The second-order valence-electron chi connectivity index (χ2n) is 5.55. The van der Waals surface area contributed by atoms with E-state index in [1.54, 1.807) is 24.2 Å². The molecule has 1 amide bonds. The first-order valence-electron chi connectivity index (χ1n) is 7.61. The van der Waals surface area contributed by atoms with Gasteiger partial charge in [0, 0.05) is 24.4 Å². The highest BCUT2D eigenvalue weighted by molar-refractivity contribution is 7.99. The van der Waals surface area contributed by atoms with Gasteiger partial charge in [0.05, 0.1) is 17.3 Å². The Hall–Kier alpha value is -1.82. The average molecular weight is 316 g/mol. The van der Waals surface area contributed by atoms with E-state index < -0.39 is 0 Å². The number of aromatic nitrogens is 3. The van der Waals surface area contributed by atoms with Crippen molar-refractivity contribution in [3.05, 3.63) is 36.7 Å². The number of rotatable bonds is 7. The number of anilines is 1. The van der Waals surface area contributed by atoms with Gasteiger partial charge in [-0.1, -0.05) is 6.07 Å². The number of hydrogen-bond acceptors (Lipinski definition) is 4. The highest BCUT2D eigenvalue weighted by atomic mass is 32.2. The molecule has 1 saturated carbocycles. The summed E-state index contributed by atoms with van der Waals surface area (Å²) in [7, 11) is 0. The van der Waals surface area contributed by atoms with Crippen LogP contribution in [0.2, 0.25) is 0 Å². The van der Waals surface area contributed by atoms with Gasteiger partial charge in [0.1, 0.15) is 5.82 Å². The summed E-state index contributed by atoms with van der Waals surface area (Å²) >= 11 is 1.59. The maximum Gasteiger partial charge on any atom is 0.226 e. The average Bonchev–Trinajstić information content (AvgIpc) is 3.28. The number of nitrogens with one attached hydrogen (secondary N) is 1. The van der Waals surface area contributed by atoms with Gasteiger partial charge in [-0.3, -0.25) is 4.79 Å². The van der Waals surface area contributed by atoms with Crippen LogP contribution in [0, 0.1) is 5.92 Å². The zero-order valence-electron chi connectivity index (χ0n) is 12.6. The minimum Gasteiger partial charge on any atom is -0.311 e. The van der Waals surface area contributed by atoms with E-state index in [0.717, 1.165) is 16.6 Å². The summed E-state index contributed by atoms with van der Waals surface area (Å²) in [6.07, 6.45) is 6.49. The highest BCUT2D eigenvalue weighted by Crippen LogP contribution is 2.40. The van der Waals surface area contributed by atoms with Crippen molar-refractivity contribution in [3.63, 3.8) is 0 Å². The summed E-state index contributed by atoms with van der Waals surface area (Å²) in [5.74, 6) is 2.24. The molecule has 1 unspecified atom stereocenters. The molecular formula is C16H20N4OS. The molecule has 2 aromatic rings. The Morgan fingerprint density at radius 3 is 3.00 bits per heavy atom. The molecule has 22 heavy (non-hydrogen) atoms. The van der Waals surface area contributed by atoms with Crippen LogP contribution in [0.25, 0.3) is 0 Å². The van der Waals surface area contributed by atoms with Gasteiger partial charge in [-0.05, 0) is 37.8 Å². The fraction of sp³-hybridized carbons (Fsp3) is 0.438. The normalized spacial score (nSPS) is 15.5. The molecule has 0 saturated heterocycles. The van der Waals surface area contributed by atoms with E-state index in [9.17, 15) is 4.79 Å². The second kappa shape index (κ2) is 6.96. The summed E-state index contributed by atoms with van der Waals surface area (Å²) < 4.78 is 1.93. The third kappa shape index (κ3) is 3.88. The van der Waals surface area contributed by atoms with Crippen LogP contribution in [0.15, 0.2) is 41.7 Å². The molecule has 2 aromatic heterocycles. The van der Waals surface area contributed by atoms with Gasteiger partial charge in [0.25, 0.3) is 0 Å². The fourth-order valence-corrected chi connectivity index (χ4v) is 3.21. The summed E-state index contributed by atoms with van der Waals surface area (Å²) in [5, 5.41) is 8.26. The predicted molar refractivity (Wildman–Crippen MR) is 87.9 cm³/mol. The number of hydrogen-bond donors (Lipinski definition) is 1. The molecule has 1 aliphatic rings. The maximum atomic E-state index is 12.1. The van der Waals surface area contributed by atoms with Crippen molar-refractivity contribution in [2.75, 3.05) is 11.1 Å². The number of thioether (sulfide) groups is 1. The molecule has 1 aliphatic carbocycles. The minimum atomic E-state index is 0.0215. The van der Waals surface area contributed by atoms with Crippen molar-refractivity contribution in [1.82, 2.24) is 14.8 Å². The van der Waals surface area contributed by atoms with Crippen molar-refractivity contribution in [3.8, 4) is 0 Å². The SMILES string of the molecule is CC(C1CC1)n1nccc1NC(=O)CCSc1ccccn1. The topological polar surface area (TPSA) is 59.8 Å². The number of carbonyl (C=O) groups is 1. The molecule has 3 rings (SSSR count). The first-order chi connectivity index (χ1) is 10.7. The molecular weight excluding hydrogens is 296 g/mol. The van der Waals surface area contributed by atoms with E-state index in [1.807, 2.05) is 28.9 Å². The zero-order chi connectivity index (χ0) is 15.4. The van der Waals surface area contributed by atoms with Crippen LogP contribution in [0.3, 0.4) is 0 Å². The van der Waals surface area contributed by atoms with Crippen LogP contribution in [0.4, 0.5) is 5.82 Å². The Morgan fingerprint density at radius 2 is 2.27 bits per heavy atom. The molecule has 0 aromatic carbocycles. The summed E-state index contributed by atoms with van der Waals surface area (Å²) in [6, 6.07) is 8.01. The van der Waals surface area contributed by atoms with E-state index in [1.165, 1.54) is 12.8 Å². The number of amides is 1. The molecule has 116 valence electrons. The van der Waals surface area contributed by atoms with Crippen LogP contribution in [0.1, 0.15) is 32.2 Å². The van der Waals surface area contributed by atoms with Gasteiger partial charge in [-0.25, -0.2) is 9.67 Å². The van der Waals surface area contributed by atoms with Crippen LogP contribution >= 0.6 is 11.8 Å². The first kappa shape index (κ1) is 15.1. The summed E-state index contributed by atoms with van der Waals surface area (Å²) in [5.41, 5.74) is 0. The Bertz CT molecular complexity index is 624. The van der Waals surface area contributed by atoms with E-state index >= 15 is 0 Å². The van der Waals surface area contributed by atoms with Crippen LogP contribution < -0.4 is 5.32 Å². The van der Waals surface area contributed by atoms with Crippen molar-refractivity contribution in [2.45, 2.75) is 37.3 Å². The summed E-state index contributed by atoms with van der Waals surface area (Å²) in [4.78, 5) is 16.3. The van der Waals surface area contributed by atoms with Crippen LogP contribution in [-0.4, -0.2) is 26.4 Å². The van der Waals surface area contributed by atoms with Gasteiger partial charge in [-0.2, -0.15) is 5.10 Å². The molecule has 0 aliphatic heterocycles. The number of nitrogens with zero attached hydrogens (tertiary/aromatic N) is 3. The molecule has 6 heteroatoms. The standard InChI is InChI=1S/C16H20N4OS/c1-12(13-5-6-13)20-14(7-10-18-20)19-15(21)8-11-22-16-4-2-3-9-17-16/h2-4,7,9-10,12-13H,5-6,8,11H2,1H3,(H,19,21). The molecule has 5 nitrogen and oxygen atoms in total. The van der Waals surface area contributed by atoms with E-state index in [4.69, 9.17) is 0 Å². The minimum absolute atomic E-state index is 0.0215. The Kier molecular flexibility index (Phi) is 4.77. The fourth-order valence-electron chi connectivity index (χ4n) is 2.40. The van der Waals surface area contributed by atoms with Gasteiger partial charge in [-0.15, -0.1) is 11.8 Å². The van der Waals surface area contributed by atoms with Crippen LogP contribution in [0.5, 0.6) is 0 Å². The zero-order valence-corrected chi connectivity index (χ0v) is 13.4. The molecule has 2 heterocycles. The summed E-state index contributed by atoms with van der Waals surface area (Å²) in [6.45, 7) is 2.16. The monoisotopic (exact) mass is 316 g/mol. The lowest BCUT2D eigenvalue weighted by Gasteiger charge is -2.15. The quantitative estimate of drug-likeness (QED) is 0.796. The number of pyridine rings is 1. The van der Waals surface area contributed by atoms with Gasteiger partial charge < -0.3 is 5.32 Å². The van der Waals surface area contributed by atoms with Gasteiger partial charge in [0.2, 0.25) is 5.91 Å². The molecule has 1 atom stereocenters. The second-order valence-corrected chi connectivity index (χ2v) is 6.67. The van der Waals surface area contributed by atoms with E-state index in [-0.39, 0.29) is 5.91 Å². The molecule has 0 radical (unpaired) electrons. The Balaban J connectivity index is 1.48. The first-order valence-corrected chi connectivity index (χ1v) is 8.60. The van der Waals surface area contributed by atoms with Crippen molar-refractivity contribution < 1.29 is 4.79 Å². The molecule has 0 spiro atoms. The largest absolute Gasteiger partial charge is 0.311 e. The van der Waals surface area contributed by atoms with Gasteiger partial charge >= 0.3 is 0 Å². The lowest BCUT2D eigenvalue weighted by atomic mass is 10.2. The van der Waals surface area contributed by atoms with E-state index in [0.29, 0.717) is 18.4 Å². The lowest BCUT2D eigenvalue weighted by Crippen LogP contribution is -2.18. The number of carbonyl (C=O) groups excluding carboxylic acids is 1.